The topological polar surface area (TPSA) is 83.4 Å². The van der Waals surface area contributed by atoms with Crippen molar-refractivity contribution in [1.82, 2.24) is 0 Å². The number of hydrogen-bond acceptors (Lipinski definition) is 5. The van der Waals surface area contributed by atoms with Crippen molar-refractivity contribution in [2.45, 2.75) is 0 Å². The summed E-state index contributed by atoms with van der Waals surface area (Å²) in [5.41, 5.74) is 1.61. The number of hydrogen-bond donors (Lipinski definition) is 2. The molecule has 0 unspecified atom stereocenters. The molecule has 0 atom stereocenters. The molecule has 4 nitrogen and oxygen atoms in total. The van der Waals surface area contributed by atoms with E-state index in [2.05, 4.69) is 24.0 Å². The summed E-state index contributed by atoms with van der Waals surface area (Å²) in [7, 11) is 0. The summed E-state index contributed by atoms with van der Waals surface area (Å²) in [4.78, 5) is 0. The molecule has 2 aromatic carbocycles. The molecule has 2 aromatic rings. The van der Waals surface area contributed by atoms with Crippen molar-refractivity contribution < 1.29 is 0 Å². The van der Waals surface area contributed by atoms with Gasteiger partial charge in [0.25, 0.3) is 0 Å². The minimum atomic E-state index is -0.140. The first kappa shape index (κ1) is 16.9. The lowest BCUT2D eigenvalue weighted by Gasteiger charge is -2.12. The molecule has 0 fully saturated rings. The van der Waals surface area contributed by atoms with E-state index >= 15 is 0 Å². The Kier molecular flexibility index (Phi) is 5.81. The largest absolute Gasteiger partial charge is 0.349 e. The van der Waals surface area contributed by atoms with Gasteiger partial charge >= 0.3 is 0 Å². The normalized spacial score (nSPS) is 10.4. The summed E-state index contributed by atoms with van der Waals surface area (Å²) < 4.78 is 0. The second-order valence-corrected chi connectivity index (χ2v) is 5.11. The fraction of sp³-hybridized carbons (Fsp3) is 0. The number of benzene rings is 2. The van der Waals surface area contributed by atoms with Gasteiger partial charge in [-0.2, -0.15) is 15.8 Å². The number of allylic oxidation sites excluding steroid dienone is 3. The van der Waals surface area contributed by atoms with Gasteiger partial charge in [0.2, 0.25) is 0 Å². The van der Waals surface area contributed by atoms with Gasteiger partial charge in [0.15, 0.2) is 0 Å². The van der Waals surface area contributed by atoms with Crippen LogP contribution >= 0.6 is 12.6 Å². The Labute approximate surface area is 146 Å². The summed E-state index contributed by atoms with van der Waals surface area (Å²) in [6, 6.07) is 23.8. The fourth-order valence-electron chi connectivity index (χ4n) is 2.10. The Hall–Kier alpha value is -3.46. The summed E-state index contributed by atoms with van der Waals surface area (Å²) in [6.07, 6.45) is 0. The summed E-state index contributed by atoms with van der Waals surface area (Å²) >= 11 is 4.37. The van der Waals surface area contributed by atoms with Gasteiger partial charge in [0.05, 0.1) is 10.6 Å². The molecule has 0 aromatic heterocycles. The van der Waals surface area contributed by atoms with Crippen molar-refractivity contribution in [2.75, 3.05) is 5.32 Å². The SMILES string of the molecule is N#CC(C#N)=C(/C(C#N)=C(/S)Nc1ccccc1)c1ccccc1. The molecule has 0 aliphatic rings. The lowest BCUT2D eigenvalue weighted by atomic mass is 9.94. The molecule has 0 aliphatic carbocycles. The molecule has 5 heteroatoms. The fourth-order valence-corrected chi connectivity index (χ4v) is 2.39. The standard InChI is InChI=1S/C19H12N4S/c20-11-15(12-21)18(14-7-3-1-4-8-14)17(13-22)19(24)23-16-9-5-2-6-10-16/h1-10,23-24H/b19-17+. The lowest BCUT2D eigenvalue weighted by molar-refractivity contribution is 1.42. The number of nitrogens with zero attached hydrogens (tertiary/aromatic N) is 3. The van der Waals surface area contributed by atoms with E-state index in [1.165, 1.54) is 0 Å². The van der Waals surface area contributed by atoms with Crippen LogP contribution in [0.5, 0.6) is 0 Å². The van der Waals surface area contributed by atoms with Crippen molar-refractivity contribution in [2.24, 2.45) is 0 Å². The van der Waals surface area contributed by atoms with Gasteiger partial charge < -0.3 is 5.32 Å². The smallest absolute Gasteiger partial charge is 0.138 e. The first-order chi connectivity index (χ1) is 11.7. The van der Waals surface area contributed by atoms with E-state index in [1.54, 1.807) is 24.3 Å². The molecule has 1 N–H and O–H groups in total. The molecular formula is C19H12N4S. The molecule has 2 rings (SSSR count). The summed E-state index contributed by atoms with van der Waals surface area (Å²) in [5.74, 6) is 0. The first-order valence-corrected chi connectivity index (χ1v) is 7.41. The maximum Gasteiger partial charge on any atom is 0.138 e. The minimum absolute atomic E-state index is 0.131. The van der Waals surface area contributed by atoms with Crippen molar-refractivity contribution >= 4 is 23.9 Å². The third kappa shape index (κ3) is 3.84. The van der Waals surface area contributed by atoms with E-state index in [0.717, 1.165) is 5.69 Å². The van der Waals surface area contributed by atoms with Crippen LogP contribution in [0, 0.1) is 34.0 Å². The monoisotopic (exact) mass is 328 g/mol. The molecule has 114 valence electrons. The number of anilines is 1. The predicted molar refractivity (Wildman–Crippen MR) is 96.3 cm³/mol. The van der Waals surface area contributed by atoms with Gasteiger partial charge in [0, 0.05) is 11.3 Å². The first-order valence-electron chi connectivity index (χ1n) is 6.97. The molecule has 0 amide bonds. The number of nitrogens with one attached hydrogen (secondary N) is 1. The van der Waals surface area contributed by atoms with Gasteiger partial charge in [-0.3, -0.25) is 0 Å². The van der Waals surface area contributed by atoms with Gasteiger partial charge in [-0.25, -0.2) is 0 Å². The van der Waals surface area contributed by atoms with E-state index in [-0.39, 0.29) is 21.7 Å². The zero-order chi connectivity index (χ0) is 17.4. The highest BCUT2D eigenvalue weighted by molar-refractivity contribution is 7.84. The molecule has 0 saturated heterocycles. The third-order valence-electron chi connectivity index (χ3n) is 3.17. The van der Waals surface area contributed by atoms with Crippen LogP contribution in [0.15, 0.2) is 76.8 Å². The van der Waals surface area contributed by atoms with Crippen LogP contribution < -0.4 is 5.32 Å². The quantitative estimate of drug-likeness (QED) is 0.499. The average molecular weight is 328 g/mol. The maximum absolute atomic E-state index is 9.60. The second kappa shape index (κ2) is 8.25. The van der Waals surface area contributed by atoms with Gasteiger partial charge in [-0.1, -0.05) is 48.5 Å². The predicted octanol–water partition coefficient (Wildman–Crippen LogP) is 4.26. The molecule has 0 saturated carbocycles. The van der Waals surface area contributed by atoms with Crippen LogP contribution in [0.1, 0.15) is 5.56 Å². The van der Waals surface area contributed by atoms with Crippen molar-refractivity contribution in [1.29, 1.82) is 15.8 Å². The minimum Gasteiger partial charge on any atom is -0.349 e. The van der Waals surface area contributed by atoms with E-state index in [1.807, 2.05) is 48.5 Å². The average Bonchev–Trinajstić information content (AvgIpc) is 2.63. The summed E-state index contributed by atoms with van der Waals surface area (Å²) in [6.45, 7) is 0. The highest BCUT2D eigenvalue weighted by Crippen LogP contribution is 2.30. The van der Waals surface area contributed by atoms with Crippen molar-refractivity contribution in [3.05, 3.63) is 82.4 Å². The van der Waals surface area contributed by atoms with Crippen molar-refractivity contribution in [3.8, 4) is 18.2 Å². The number of para-hydroxylation sites is 1. The number of nitriles is 3. The molecule has 0 bridgehead atoms. The van der Waals surface area contributed by atoms with E-state index < -0.39 is 0 Å². The van der Waals surface area contributed by atoms with Crippen LogP contribution in [0.25, 0.3) is 5.57 Å². The number of thiol groups is 1. The van der Waals surface area contributed by atoms with Crippen LogP contribution in [0.2, 0.25) is 0 Å². The number of rotatable bonds is 4. The van der Waals surface area contributed by atoms with E-state index in [9.17, 15) is 15.8 Å². The van der Waals surface area contributed by atoms with Crippen LogP contribution in [0.4, 0.5) is 5.69 Å². The van der Waals surface area contributed by atoms with Gasteiger partial charge in [0.1, 0.15) is 23.8 Å². The molecule has 0 radical (unpaired) electrons. The zero-order valence-corrected chi connectivity index (χ0v) is 13.5. The zero-order valence-electron chi connectivity index (χ0n) is 12.6. The Morgan fingerprint density at radius 3 is 1.83 bits per heavy atom. The summed E-state index contributed by atoms with van der Waals surface area (Å²) in [5, 5.41) is 31.4. The highest BCUT2D eigenvalue weighted by atomic mass is 32.1. The Balaban J connectivity index is 2.62. The molecule has 24 heavy (non-hydrogen) atoms. The van der Waals surface area contributed by atoms with Crippen LogP contribution in [0.3, 0.4) is 0 Å². The third-order valence-corrected chi connectivity index (χ3v) is 3.51. The van der Waals surface area contributed by atoms with E-state index in [4.69, 9.17) is 0 Å². The molecular weight excluding hydrogens is 316 g/mol. The van der Waals surface area contributed by atoms with Gasteiger partial charge in [-0.05, 0) is 17.7 Å². The molecule has 0 aliphatic heterocycles. The lowest BCUT2D eigenvalue weighted by Crippen LogP contribution is -2.01. The van der Waals surface area contributed by atoms with Crippen LogP contribution in [-0.2, 0) is 0 Å². The van der Waals surface area contributed by atoms with Crippen molar-refractivity contribution in [3.63, 3.8) is 0 Å². The Morgan fingerprint density at radius 1 is 0.792 bits per heavy atom. The highest BCUT2D eigenvalue weighted by Gasteiger charge is 2.17. The Bertz CT molecular complexity index is 892. The second-order valence-electron chi connectivity index (χ2n) is 4.67. The van der Waals surface area contributed by atoms with Crippen LogP contribution in [-0.4, -0.2) is 0 Å². The maximum atomic E-state index is 9.60. The molecule has 0 spiro atoms. The van der Waals surface area contributed by atoms with E-state index in [0.29, 0.717) is 5.56 Å². The Morgan fingerprint density at radius 2 is 1.33 bits per heavy atom. The molecule has 0 heterocycles. The van der Waals surface area contributed by atoms with Gasteiger partial charge in [-0.15, -0.1) is 12.6 Å².